The third-order valence-corrected chi connectivity index (χ3v) is 8.35. The minimum atomic E-state index is -3.72. The number of amides is 2. The zero-order valence-corrected chi connectivity index (χ0v) is 20.7. The summed E-state index contributed by atoms with van der Waals surface area (Å²) in [6.45, 7) is 5.78. The van der Waals surface area contributed by atoms with Crippen LogP contribution in [0.15, 0.2) is 12.1 Å². The molecule has 178 valence electrons. The normalized spacial score (nSPS) is 16.6. The van der Waals surface area contributed by atoms with Gasteiger partial charge in [0.05, 0.1) is 34.2 Å². The molecule has 33 heavy (non-hydrogen) atoms. The molecule has 2 amide bonds. The van der Waals surface area contributed by atoms with E-state index < -0.39 is 10.0 Å². The number of fused-ring (bicyclic) bond motifs is 1. The first-order chi connectivity index (χ1) is 15.6. The van der Waals surface area contributed by atoms with E-state index in [0.717, 1.165) is 28.8 Å². The molecule has 1 aromatic heterocycles. The first-order valence-corrected chi connectivity index (χ1v) is 13.3. The van der Waals surface area contributed by atoms with Crippen molar-refractivity contribution in [1.29, 1.82) is 0 Å². The topological polar surface area (TPSA) is 118 Å². The monoisotopic (exact) mass is 492 g/mol. The quantitative estimate of drug-likeness (QED) is 0.555. The van der Waals surface area contributed by atoms with Crippen molar-refractivity contribution in [3.8, 4) is 10.4 Å². The Morgan fingerprint density at radius 2 is 2.09 bits per heavy atom. The zero-order valence-electron chi connectivity index (χ0n) is 19.1. The van der Waals surface area contributed by atoms with Crippen molar-refractivity contribution < 1.29 is 22.7 Å². The summed E-state index contributed by atoms with van der Waals surface area (Å²) in [5.74, 6) is -0.0921. The van der Waals surface area contributed by atoms with E-state index in [1.54, 1.807) is 6.07 Å². The molecule has 0 saturated heterocycles. The predicted octanol–water partition coefficient (Wildman–Crippen LogP) is 3.22. The Hall–Kier alpha value is -2.50. The minimum absolute atomic E-state index is 0.0457. The van der Waals surface area contributed by atoms with E-state index in [2.05, 4.69) is 21.9 Å². The number of ether oxygens (including phenoxy) is 1. The van der Waals surface area contributed by atoms with Crippen LogP contribution in [0.2, 0.25) is 0 Å². The van der Waals surface area contributed by atoms with Gasteiger partial charge in [0.25, 0.3) is 5.91 Å². The van der Waals surface area contributed by atoms with Gasteiger partial charge in [-0.25, -0.2) is 13.4 Å². The summed E-state index contributed by atoms with van der Waals surface area (Å²) in [7, 11) is -2.28. The van der Waals surface area contributed by atoms with Gasteiger partial charge in [0.2, 0.25) is 15.9 Å². The van der Waals surface area contributed by atoms with Crippen molar-refractivity contribution in [2.75, 3.05) is 29.5 Å². The Morgan fingerprint density at radius 3 is 2.73 bits per heavy atom. The highest BCUT2D eigenvalue weighted by Gasteiger charge is 2.40. The lowest BCUT2D eigenvalue weighted by Crippen LogP contribution is -2.35. The average Bonchev–Trinajstić information content (AvgIpc) is 3.44. The number of hydrogen-bond acceptors (Lipinski definition) is 7. The maximum absolute atomic E-state index is 13.3. The van der Waals surface area contributed by atoms with Crippen molar-refractivity contribution in [2.45, 2.75) is 46.2 Å². The number of nitrogens with zero attached hydrogens (tertiary/aromatic N) is 2. The van der Waals surface area contributed by atoms with Gasteiger partial charge in [0.15, 0.2) is 5.13 Å². The van der Waals surface area contributed by atoms with Gasteiger partial charge >= 0.3 is 0 Å². The second-order valence-electron chi connectivity index (χ2n) is 8.60. The number of sulfonamides is 1. The molecule has 9 nitrogen and oxygen atoms in total. The lowest BCUT2D eigenvalue weighted by atomic mass is 10.0. The third-order valence-electron chi connectivity index (χ3n) is 5.99. The Labute approximate surface area is 197 Å². The number of hydrogen-bond donors (Lipinski definition) is 2. The molecule has 0 radical (unpaired) electrons. The summed E-state index contributed by atoms with van der Waals surface area (Å²) in [5.41, 5.74) is 2.91. The van der Waals surface area contributed by atoms with Crippen LogP contribution in [0.1, 0.15) is 48.3 Å². The van der Waals surface area contributed by atoms with Crippen LogP contribution in [-0.2, 0) is 26.1 Å². The van der Waals surface area contributed by atoms with E-state index in [1.165, 1.54) is 25.4 Å². The third kappa shape index (κ3) is 5.04. The van der Waals surface area contributed by atoms with E-state index in [-0.39, 0.29) is 35.9 Å². The molecule has 2 aromatic rings. The van der Waals surface area contributed by atoms with Gasteiger partial charge in [-0.05, 0) is 55.9 Å². The molecule has 11 heteroatoms. The molecule has 1 aliphatic carbocycles. The first-order valence-electron chi connectivity index (χ1n) is 10.8. The van der Waals surface area contributed by atoms with Crippen LogP contribution in [0.3, 0.4) is 0 Å². The van der Waals surface area contributed by atoms with Crippen molar-refractivity contribution in [3.63, 3.8) is 0 Å². The number of nitrogens with one attached hydrogen (secondary N) is 2. The lowest BCUT2D eigenvalue weighted by Gasteiger charge is -2.24. The van der Waals surface area contributed by atoms with Crippen LogP contribution in [-0.4, -0.2) is 55.6 Å². The molecule has 0 bridgehead atoms. The summed E-state index contributed by atoms with van der Waals surface area (Å²) < 4.78 is 32.9. The number of anilines is 2. The molecular weight excluding hydrogens is 464 g/mol. The van der Waals surface area contributed by atoms with Crippen LogP contribution in [0.5, 0.6) is 0 Å². The van der Waals surface area contributed by atoms with Gasteiger partial charge in [-0.1, -0.05) is 11.3 Å². The maximum Gasteiger partial charge on any atom is 0.256 e. The summed E-state index contributed by atoms with van der Waals surface area (Å²) in [6, 6.07) is 3.71. The largest absolute Gasteiger partial charge is 0.384 e. The molecule has 1 aliphatic heterocycles. The molecule has 2 N–H and O–H groups in total. The number of carbonyl (C=O) groups is 2. The number of benzene rings is 1. The SMILES string of the molecule is COCCS(=O)(=O)Nc1cc(-c2sc(NC(C)=O)nc2C)cc2c1C(=O)N([C@@H](C)C1CC1)C2. The van der Waals surface area contributed by atoms with Gasteiger partial charge in [0.1, 0.15) is 0 Å². The summed E-state index contributed by atoms with van der Waals surface area (Å²) in [4.78, 5) is 31.8. The number of thiazole rings is 1. The molecular formula is C22H28N4O5S2. The summed E-state index contributed by atoms with van der Waals surface area (Å²) in [5, 5.41) is 3.16. The molecule has 1 fully saturated rings. The predicted molar refractivity (Wildman–Crippen MR) is 128 cm³/mol. The van der Waals surface area contributed by atoms with Gasteiger partial charge in [0, 0.05) is 26.6 Å². The highest BCUT2D eigenvalue weighted by atomic mass is 32.2. The van der Waals surface area contributed by atoms with Gasteiger partial charge in [-0.2, -0.15) is 0 Å². The number of rotatable bonds is 9. The van der Waals surface area contributed by atoms with Gasteiger partial charge in [-0.3, -0.25) is 14.3 Å². The summed E-state index contributed by atoms with van der Waals surface area (Å²) >= 11 is 1.31. The second kappa shape index (κ2) is 9.03. The standard InChI is InChI=1S/C22H28N4O5S2/c1-12-20(32-22(23-12)24-14(3)27)16-9-17-11-26(13(2)15-5-6-15)21(28)19(17)18(10-16)25-33(29,30)8-7-31-4/h9-10,13,15,25H,5-8,11H2,1-4H3,(H,23,24,27)/t13-/m0/s1. The molecule has 4 rings (SSSR count). The van der Waals surface area contributed by atoms with E-state index in [1.807, 2.05) is 17.9 Å². The second-order valence-corrected chi connectivity index (χ2v) is 11.4. The van der Waals surface area contributed by atoms with Crippen molar-refractivity contribution in [2.24, 2.45) is 5.92 Å². The Morgan fingerprint density at radius 1 is 1.36 bits per heavy atom. The molecule has 0 spiro atoms. The van der Waals surface area contributed by atoms with Crippen LogP contribution in [0.25, 0.3) is 10.4 Å². The fourth-order valence-corrected chi connectivity index (χ4v) is 6.12. The van der Waals surface area contributed by atoms with Gasteiger partial charge in [-0.15, -0.1) is 0 Å². The van der Waals surface area contributed by atoms with Gasteiger partial charge < -0.3 is 15.0 Å². The van der Waals surface area contributed by atoms with Crippen LogP contribution in [0.4, 0.5) is 10.8 Å². The molecule has 1 aromatic carbocycles. The number of aromatic nitrogens is 1. The van der Waals surface area contributed by atoms with Crippen molar-refractivity contribution in [3.05, 3.63) is 29.0 Å². The van der Waals surface area contributed by atoms with Crippen molar-refractivity contribution in [1.82, 2.24) is 9.88 Å². The maximum atomic E-state index is 13.3. The Bertz CT molecular complexity index is 1200. The minimum Gasteiger partial charge on any atom is -0.384 e. The number of methoxy groups -OCH3 is 1. The zero-order chi connectivity index (χ0) is 23.9. The Balaban J connectivity index is 1.76. The fraction of sp³-hybridized carbons (Fsp3) is 0.500. The van der Waals surface area contributed by atoms with E-state index >= 15 is 0 Å². The molecule has 2 heterocycles. The van der Waals surface area contributed by atoms with Crippen LogP contribution in [0, 0.1) is 12.8 Å². The van der Waals surface area contributed by atoms with Crippen molar-refractivity contribution >= 4 is 44.0 Å². The molecule has 1 atom stereocenters. The molecule has 1 saturated carbocycles. The average molecular weight is 493 g/mol. The molecule has 0 unspecified atom stereocenters. The highest BCUT2D eigenvalue weighted by molar-refractivity contribution is 7.92. The lowest BCUT2D eigenvalue weighted by molar-refractivity contribution is -0.114. The van der Waals surface area contributed by atoms with E-state index in [4.69, 9.17) is 4.74 Å². The van der Waals surface area contributed by atoms with Crippen LogP contribution < -0.4 is 10.0 Å². The highest BCUT2D eigenvalue weighted by Crippen LogP contribution is 2.42. The Kier molecular flexibility index (Phi) is 6.47. The van der Waals surface area contributed by atoms with E-state index in [9.17, 15) is 18.0 Å². The molecule has 2 aliphatic rings. The van der Waals surface area contributed by atoms with Crippen LogP contribution >= 0.6 is 11.3 Å². The number of carbonyl (C=O) groups excluding carboxylic acids is 2. The number of aryl methyl sites for hydroxylation is 1. The summed E-state index contributed by atoms with van der Waals surface area (Å²) in [6.07, 6.45) is 2.21. The fourth-order valence-electron chi connectivity index (χ4n) is 4.13. The smallest absolute Gasteiger partial charge is 0.256 e. The van der Waals surface area contributed by atoms with E-state index in [0.29, 0.717) is 28.9 Å². The first kappa shape index (κ1) is 23.7.